The van der Waals surface area contributed by atoms with Crippen LogP contribution in [0.5, 0.6) is 0 Å². The molecule has 3 rings (SSSR count). The summed E-state index contributed by atoms with van der Waals surface area (Å²) in [6.45, 7) is 4.86. The summed E-state index contributed by atoms with van der Waals surface area (Å²) in [5.41, 5.74) is 2.85. The van der Waals surface area contributed by atoms with Gasteiger partial charge in [0, 0.05) is 17.8 Å². The van der Waals surface area contributed by atoms with Crippen molar-refractivity contribution in [3.8, 4) is 0 Å². The molecule has 0 aromatic heterocycles. The highest BCUT2D eigenvalue weighted by Gasteiger charge is 2.29. The predicted octanol–water partition coefficient (Wildman–Crippen LogP) is 3.03. The number of benzene rings is 1. The van der Waals surface area contributed by atoms with Crippen LogP contribution < -0.4 is 5.32 Å². The van der Waals surface area contributed by atoms with Crippen molar-refractivity contribution >= 4 is 5.69 Å². The van der Waals surface area contributed by atoms with E-state index in [1.165, 1.54) is 43.6 Å². The molecule has 2 nitrogen and oxygen atoms in total. The van der Waals surface area contributed by atoms with Crippen molar-refractivity contribution in [1.29, 1.82) is 0 Å². The molecule has 1 fully saturated rings. The normalized spacial score (nSPS) is 29.8. The first kappa shape index (κ1) is 10.2. The zero-order chi connectivity index (χ0) is 11.0. The summed E-state index contributed by atoms with van der Waals surface area (Å²) in [5.74, 6) is 0. The SMILES string of the molecule is C[C@@H]1C[C@H](N2CCCC2)c2ccccc2N1. The van der Waals surface area contributed by atoms with Gasteiger partial charge in [-0.15, -0.1) is 0 Å². The summed E-state index contributed by atoms with van der Waals surface area (Å²) in [6.07, 6.45) is 4.00. The molecular formula is C14H20N2. The first-order chi connectivity index (χ1) is 7.84. The van der Waals surface area contributed by atoms with Crippen LogP contribution in [0.15, 0.2) is 24.3 Å². The smallest absolute Gasteiger partial charge is 0.0390 e. The van der Waals surface area contributed by atoms with Crippen molar-refractivity contribution in [2.24, 2.45) is 0 Å². The molecule has 2 aliphatic rings. The Bertz CT molecular complexity index is 369. The van der Waals surface area contributed by atoms with Gasteiger partial charge in [0.1, 0.15) is 0 Å². The number of para-hydroxylation sites is 1. The Morgan fingerprint density at radius 3 is 2.75 bits per heavy atom. The summed E-state index contributed by atoms with van der Waals surface area (Å²) in [4.78, 5) is 2.66. The maximum atomic E-state index is 3.59. The molecule has 1 N–H and O–H groups in total. The monoisotopic (exact) mass is 216 g/mol. The first-order valence-corrected chi connectivity index (χ1v) is 6.44. The molecule has 0 radical (unpaired) electrons. The first-order valence-electron chi connectivity index (χ1n) is 6.44. The van der Waals surface area contributed by atoms with Gasteiger partial charge >= 0.3 is 0 Å². The second-order valence-electron chi connectivity index (χ2n) is 5.13. The van der Waals surface area contributed by atoms with Gasteiger partial charge < -0.3 is 5.32 Å². The minimum absolute atomic E-state index is 0.598. The number of likely N-dealkylation sites (tertiary alicyclic amines) is 1. The van der Waals surface area contributed by atoms with E-state index < -0.39 is 0 Å². The van der Waals surface area contributed by atoms with Gasteiger partial charge in [-0.2, -0.15) is 0 Å². The van der Waals surface area contributed by atoms with E-state index in [4.69, 9.17) is 0 Å². The van der Waals surface area contributed by atoms with Gasteiger partial charge in [-0.25, -0.2) is 0 Å². The third-order valence-corrected chi connectivity index (χ3v) is 3.88. The summed E-state index contributed by atoms with van der Waals surface area (Å²) in [6, 6.07) is 10.0. The lowest BCUT2D eigenvalue weighted by Gasteiger charge is -2.36. The topological polar surface area (TPSA) is 15.3 Å². The Morgan fingerprint density at radius 1 is 1.19 bits per heavy atom. The second-order valence-corrected chi connectivity index (χ2v) is 5.13. The molecule has 2 aliphatic heterocycles. The molecule has 0 amide bonds. The van der Waals surface area contributed by atoms with Crippen LogP contribution in [0, 0.1) is 0 Å². The van der Waals surface area contributed by atoms with Gasteiger partial charge in [-0.1, -0.05) is 18.2 Å². The molecule has 2 heterocycles. The molecule has 16 heavy (non-hydrogen) atoms. The summed E-state index contributed by atoms with van der Waals surface area (Å²) < 4.78 is 0. The van der Waals surface area contributed by atoms with E-state index in [1.54, 1.807) is 0 Å². The molecule has 0 spiro atoms. The van der Waals surface area contributed by atoms with Crippen molar-refractivity contribution in [2.45, 2.75) is 38.3 Å². The van der Waals surface area contributed by atoms with Crippen molar-refractivity contribution in [3.05, 3.63) is 29.8 Å². The molecule has 2 atom stereocenters. The minimum atomic E-state index is 0.598. The second kappa shape index (κ2) is 4.10. The number of anilines is 1. The average molecular weight is 216 g/mol. The van der Waals surface area contributed by atoms with Gasteiger partial charge in [0.2, 0.25) is 0 Å². The van der Waals surface area contributed by atoms with E-state index in [0.29, 0.717) is 12.1 Å². The third-order valence-electron chi connectivity index (χ3n) is 3.88. The van der Waals surface area contributed by atoms with E-state index in [9.17, 15) is 0 Å². The third kappa shape index (κ3) is 1.71. The van der Waals surface area contributed by atoms with Crippen molar-refractivity contribution in [3.63, 3.8) is 0 Å². The van der Waals surface area contributed by atoms with Crippen LogP contribution in [-0.2, 0) is 0 Å². The van der Waals surface area contributed by atoms with E-state index in [0.717, 1.165) is 0 Å². The lowest BCUT2D eigenvalue weighted by atomic mass is 9.92. The summed E-state index contributed by atoms with van der Waals surface area (Å²) in [5, 5.41) is 3.59. The highest BCUT2D eigenvalue weighted by molar-refractivity contribution is 5.55. The van der Waals surface area contributed by atoms with Gasteiger partial charge in [0.15, 0.2) is 0 Å². The summed E-state index contributed by atoms with van der Waals surface area (Å²) >= 11 is 0. The molecule has 0 bridgehead atoms. The molecule has 0 saturated carbocycles. The van der Waals surface area contributed by atoms with Crippen LogP contribution in [0.4, 0.5) is 5.69 Å². The Morgan fingerprint density at radius 2 is 1.94 bits per heavy atom. The predicted molar refractivity (Wildman–Crippen MR) is 67.7 cm³/mol. The number of hydrogen-bond acceptors (Lipinski definition) is 2. The maximum absolute atomic E-state index is 3.59. The zero-order valence-corrected chi connectivity index (χ0v) is 9.95. The molecule has 1 saturated heterocycles. The Labute approximate surface area is 97.6 Å². The van der Waals surface area contributed by atoms with Crippen LogP contribution in [-0.4, -0.2) is 24.0 Å². The summed E-state index contributed by atoms with van der Waals surface area (Å²) in [7, 11) is 0. The average Bonchev–Trinajstić information content (AvgIpc) is 2.81. The standard InChI is InChI=1S/C14H20N2/c1-11-10-14(16-8-4-5-9-16)12-6-2-3-7-13(12)15-11/h2-3,6-7,11,14-15H,4-5,8-10H2,1H3/t11-,14+/m1/s1. The van der Waals surface area contributed by atoms with E-state index in [1.807, 2.05) is 0 Å². The lowest BCUT2D eigenvalue weighted by Crippen LogP contribution is -2.34. The van der Waals surface area contributed by atoms with Gasteiger partial charge in [-0.3, -0.25) is 4.90 Å². The molecule has 0 unspecified atom stereocenters. The number of hydrogen-bond donors (Lipinski definition) is 1. The fourth-order valence-corrected chi connectivity index (χ4v) is 3.10. The molecule has 1 aromatic carbocycles. The van der Waals surface area contributed by atoms with Crippen LogP contribution in [0.2, 0.25) is 0 Å². The van der Waals surface area contributed by atoms with E-state index in [-0.39, 0.29) is 0 Å². The quantitative estimate of drug-likeness (QED) is 0.776. The highest BCUT2D eigenvalue weighted by Crippen LogP contribution is 2.37. The Balaban J connectivity index is 1.93. The fourth-order valence-electron chi connectivity index (χ4n) is 3.10. The Kier molecular flexibility index (Phi) is 2.60. The van der Waals surface area contributed by atoms with Crippen LogP contribution >= 0.6 is 0 Å². The lowest BCUT2D eigenvalue weighted by molar-refractivity contribution is 0.223. The number of nitrogens with one attached hydrogen (secondary N) is 1. The van der Waals surface area contributed by atoms with Crippen LogP contribution in [0.1, 0.15) is 37.8 Å². The molecule has 1 aromatic rings. The fraction of sp³-hybridized carbons (Fsp3) is 0.571. The zero-order valence-electron chi connectivity index (χ0n) is 9.95. The number of nitrogens with zero attached hydrogens (tertiary/aromatic N) is 1. The van der Waals surface area contributed by atoms with Crippen molar-refractivity contribution < 1.29 is 0 Å². The molecular weight excluding hydrogens is 196 g/mol. The van der Waals surface area contributed by atoms with Crippen LogP contribution in [0.3, 0.4) is 0 Å². The largest absolute Gasteiger partial charge is 0.382 e. The van der Waals surface area contributed by atoms with Gasteiger partial charge in [0.25, 0.3) is 0 Å². The number of rotatable bonds is 1. The minimum Gasteiger partial charge on any atom is -0.382 e. The molecule has 2 heteroatoms. The highest BCUT2D eigenvalue weighted by atomic mass is 15.2. The van der Waals surface area contributed by atoms with E-state index in [2.05, 4.69) is 41.4 Å². The molecule has 86 valence electrons. The molecule has 0 aliphatic carbocycles. The van der Waals surface area contributed by atoms with Crippen LogP contribution in [0.25, 0.3) is 0 Å². The van der Waals surface area contributed by atoms with Gasteiger partial charge in [-0.05, 0) is 50.9 Å². The Hall–Kier alpha value is -1.02. The van der Waals surface area contributed by atoms with Crippen molar-refractivity contribution in [1.82, 2.24) is 4.90 Å². The van der Waals surface area contributed by atoms with Gasteiger partial charge in [0.05, 0.1) is 0 Å². The number of fused-ring (bicyclic) bond motifs is 1. The maximum Gasteiger partial charge on any atom is 0.0390 e. The van der Waals surface area contributed by atoms with Crippen molar-refractivity contribution in [2.75, 3.05) is 18.4 Å². The van der Waals surface area contributed by atoms with E-state index >= 15 is 0 Å².